The van der Waals surface area contributed by atoms with Crippen LogP contribution < -0.4 is 5.32 Å². The topological polar surface area (TPSA) is 50.2 Å². The number of halogens is 1. The molecule has 1 amide bonds. The number of nitrogens with zero attached hydrogens (tertiary/aromatic N) is 3. The van der Waals surface area contributed by atoms with Gasteiger partial charge in [-0.15, -0.1) is 12.4 Å². The molecule has 21 heavy (non-hydrogen) atoms. The summed E-state index contributed by atoms with van der Waals surface area (Å²) in [5, 5.41) is 7.80. The molecule has 6 heteroatoms. The molecule has 1 aliphatic rings. The van der Waals surface area contributed by atoms with Crippen LogP contribution in [-0.2, 0) is 5.54 Å². The number of amides is 1. The van der Waals surface area contributed by atoms with E-state index in [0.29, 0.717) is 6.04 Å². The Balaban J connectivity index is 0.00000220. The lowest BCUT2D eigenvalue weighted by atomic mass is 10.1. The zero-order chi connectivity index (χ0) is 15.1. The zero-order valence-corrected chi connectivity index (χ0v) is 14.6. The van der Waals surface area contributed by atoms with Crippen molar-refractivity contribution in [2.45, 2.75) is 59.2 Å². The molecule has 0 saturated carbocycles. The molecule has 0 bridgehead atoms. The molecule has 1 aromatic rings. The van der Waals surface area contributed by atoms with E-state index in [2.05, 4.69) is 45.0 Å². The fourth-order valence-corrected chi connectivity index (χ4v) is 2.79. The largest absolute Gasteiger partial charge is 0.333 e. The molecule has 1 aromatic heterocycles. The van der Waals surface area contributed by atoms with Crippen LogP contribution in [-0.4, -0.2) is 45.8 Å². The van der Waals surface area contributed by atoms with Gasteiger partial charge in [-0.25, -0.2) is 0 Å². The fourth-order valence-electron chi connectivity index (χ4n) is 2.79. The number of carbonyl (C=O) groups is 1. The van der Waals surface area contributed by atoms with Crippen LogP contribution in [0.4, 0.5) is 0 Å². The van der Waals surface area contributed by atoms with Crippen molar-refractivity contribution in [3.63, 3.8) is 0 Å². The first-order chi connectivity index (χ1) is 9.23. The lowest BCUT2D eigenvalue weighted by Gasteiger charge is -2.38. The van der Waals surface area contributed by atoms with Crippen LogP contribution in [0.2, 0.25) is 0 Å². The van der Waals surface area contributed by atoms with Gasteiger partial charge in [-0.1, -0.05) is 0 Å². The quantitative estimate of drug-likeness (QED) is 0.864. The molecular weight excluding hydrogens is 288 g/mol. The summed E-state index contributed by atoms with van der Waals surface area (Å²) in [6.45, 7) is 14.1. The second kappa shape index (κ2) is 6.36. The van der Waals surface area contributed by atoms with Gasteiger partial charge in [0.05, 0.1) is 17.3 Å². The van der Waals surface area contributed by atoms with Crippen molar-refractivity contribution in [2.75, 3.05) is 13.1 Å². The van der Waals surface area contributed by atoms with E-state index in [1.54, 1.807) is 6.20 Å². The van der Waals surface area contributed by atoms with Crippen LogP contribution in [0.15, 0.2) is 6.20 Å². The first-order valence-corrected chi connectivity index (χ1v) is 7.33. The van der Waals surface area contributed by atoms with E-state index >= 15 is 0 Å². The molecule has 2 atom stereocenters. The summed E-state index contributed by atoms with van der Waals surface area (Å²) in [5.74, 6) is 0.0962. The van der Waals surface area contributed by atoms with Gasteiger partial charge in [0.15, 0.2) is 0 Å². The fraction of sp³-hybridized carbons (Fsp3) is 0.733. The molecule has 0 spiro atoms. The van der Waals surface area contributed by atoms with Crippen molar-refractivity contribution in [1.29, 1.82) is 0 Å². The Labute approximate surface area is 133 Å². The lowest BCUT2D eigenvalue weighted by molar-refractivity contribution is 0.0602. The first kappa shape index (κ1) is 18.0. The summed E-state index contributed by atoms with van der Waals surface area (Å²) < 4.78 is 1.93. The summed E-state index contributed by atoms with van der Waals surface area (Å²) in [4.78, 5) is 14.7. The molecule has 2 unspecified atom stereocenters. The van der Waals surface area contributed by atoms with E-state index in [4.69, 9.17) is 0 Å². The van der Waals surface area contributed by atoms with Crippen molar-refractivity contribution in [1.82, 2.24) is 20.0 Å². The first-order valence-electron chi connectivity index (χ1n) is 7.33. The SMILES string of the molecule is Cc1c(C(=O)N2CCNC(C)C2C)cnn1C(C)(C)C.Cl. The van der Waals surface area contributed by atoms with Gasteiger partial charge in [0.2, 0.25) is 0 Å². The van der Waals surface area contributed by atoms with Crippen LogP contribution in [0.5, 0.6) is 0 Å². The van der Waals surface area contributed by atoms with Gasteiger partial charge < -0.3 is 10.2 Å². The van der Waals surface area contributed by atoms with E-state index in [9.17, 15) is 4.79 Å². The van der Waals surface area contributed by atoms with Crippen LogP contribution in [0, 0.1) is 6.92 Å². The van der Waals surface area contributed by atoms with Gasteiger partial charge in [0.1, 0.15) is 0 Å². The molecule has 0 radical (unpaired) electrons. The van der Waals surface area contributed by atoms with Crippen molar-refractivity contribution < 1.29 is 4.79 Å². The minimum atomic E-state index is -0.106. The second-order valence-corrected chi connectivity index (χ2v) is 6.71. The number of carbonyl (C=O) groups excluding carboxylic acids is 1. The van der Waals surface area contributed by atoms with Crippen LogP contribution in [0.1, 0.15) is 50.7 Å². The third kappa shape index (κ3) is 3.40. The van der Waals surface area contributed by atoms with E-state index in [0.717, 1.165) is 24.3 Å². The van der Waals surface area contributed by atoms with Crippen LogP contribution in [0.3, 0.4) is 0 Å². The van der Waals surface area contributed by atoms with E-state index in [1.807, 2.05) is 16.5 Å². The predicted octanol–water partition coefficient (Wildman–Crippen LogP) is 2.19. The summed E-state index contributed by atoms with van der Waals surface area (Å²) in [7, 11) is 0. The molecule has 1 fully saturated rings. The minimum Gasteiger partial charge on any atom is -0.333 e. The highest BCUT2D eigenvalue weighted by Gasteiger charge is 2.31. The van der Waals surface area contributed by atoms with Gasteiger partial charge in [-0.2, -0.15) is 5.10 Å². The molecule has 0 aromatic carbocycles. The number of aromatic nitrogens is 2. The Hall–Kier alpha value is -1.07. The minimum absolute atomic E-state index is 0. The Morgan fingerprint density at radius 3 is 2.52 bits per heavy atom. The van der Waals surface area contributed by atoms with Crippen LogP contribution >= 0.6 is 12.4 Å². The summed E-state index contributed by atoms with van der Waals surface area (Å²) in [5.41, 5.74) is 1.56. The normalized spacial score (nSPS) is 22.9. The summed E-state index contributed by atoms with van der Waals surface area (Å²) >= 11 is 0. The average Bonchev–Trinajstić information content (AvgIpc) is 2.73. The predicted molar refractivity (Wildman–Crippen MR) is 87.2 cm³/mol. The number of piperazine rings is 1. The van der Waals surface area contributed by atoms with Crippen molar-refractivity contribution in [2.24, 2.45) is 0 Å². The lowest BCUT2D eigenvalue weighted by Crippen LogP contribution is -2.57. The average molecular weight is 315 g/mol. The summed E-state index contributed by atoms with van der Waals surface area (Å²) in [6, 6.07) is 0.527. The Morgan fingerprint density at radius 1 is 1.38 bits per heavy atom. The maximum absolute atomic E-state index is 12.8. The van der Waals surface area contributed by atoms with E-state index in [-0.39, 0.29) is 29.9 Å². The molecular formula is C15H27ClN4O. The Bertz CT molecular complexity index is 506. The summed E-state index contributed by atoms with van der Waals surface area (Å²) in [6.07, 6.45) is 1.71. The van der Waals surface area contributed by atoms with Gasteiger partial charge >= 0.3 is 0 Å². The van der Waals surface area contributed by atoms with E-state index < -0.39 is 0 Å². The monoisotopic (exact) mass is 314 g/mol. The number of hydrogen-bond donors (Lipinski definition) is 1. The second-order valence-electron chi connectivity index (χ2n) is 6.71. The molecule has 5 nitrogen and oxygen atoms in total. The Morgan fingerprint density at radius 2 is 2.00 bits per heavy atom. The highest BCUT2D eigenvalue weighted by atomic mass is 35.5. The maximum Gasteiger partial charge on any atom is 0.257 e. The zero-order valence-electron chi connectivity index (χ0n) is 13.8. The van der Waals surface area contributed by atoms with Crippen LogP contribution in [0.25, 0.3) is 0 Å². The van der Waals surface area contributed by atoms with Gasteiger partial charge in [0, 0.05) is 30.9 Å². The maximum atomic E-state index is 12.8. The molecule has 1 saturated heterocycles. The highest BCUT2D eigenvalue weighted by Crippen LogP contribution is 2.21. The van der Waals surface area contributed by atoms with Crippen molar-refractivity contribution in [3.8, 4) is 0 Å². The molecule has 120 valence electrons. The number of hydrogen-bond acceptors (Lipinski definition) is 3. The smallest absolute Gasteiger partial charge is 0.257 e. The third-order valence-corrected chi connectivity index (χ3v) is 4.17. The molecule has 1 aliphatic heterocycles. The number of nitrogens with one attached hydrogen (secondary N) is 1. The van der Waals surface area contributed by atoms with Gasteiger partial charge in [-0.3, -0.25) is 9.48 Å². The standard InChI is InChI=1S/C15H26N4O.ClH/c1-10-11(2)18(8-7-16-10)14(20)13-9-17-19(12(13)3)15(4,5)6;/h9-11,16H,7-8H2,1-6H3;1H. The molecule has 1 N–H and O–H groups in total. The third-order valence-electron chi connectivity index (χ3n) is 4.17. The molecule has 2 rings (SSSR count). The van der Waals surface area contributed by atoms with Crippen molar-refractivity contribution in [3.05, 3.63) is 17.5 Å². The van der Waals surface area contributed by atoms with Gasteiger partial charge in [0.25, 0.3) is 5.91 Å². The van der Waals surface area contributed by atoms with Crippen molar-refractivity contribution >= 4 is 18.3 Å². The van der Waals surface area contributed by atoms with Gasteiger partial charge in [-0.05, 0) is 41.5 Å². The highest BCUT2D eigenvalue weighted by molar-refractivity contribution is 5.95. The van der Waals surface area contributed by atoms with E-state index in [1.165, 1.54) is 0 Å². The number of rotatable bonds is 1. The molecule has 2 heterocycles. The Kier molecular flexibility index (Phi) is 5.45. The molecule has 0 aliphatic carbocycles.